The molecule has 0 bridgehead atoms. The lowest BCUT2D eigenvalue weighted by atomic mass is 10.2. The van der Waals surface area contributed by atoms with Gasteiger partial charge in [-0.25, -0.2) is 4.39 Å². The van der Waals surface area contributed by atoms with Crippen LogP contribution in [0.25, 0.3) is 0 Å². The quantitative estimate of drug-likeness (QED) is 0.829. The van der Waals surface area contributed by atoms with Gasteiger partial charge in [0.2, 0.25) is 0 Å². The Hall–Kier alpha value is -1.55. The smallest absolute Gasteiger partial charge is 0.147 e. The van der Waals surface area contributed by atoms with E-state index in [0.29, 0.717) is 12.2 Å². The van der Waals surface area contributed by atoms with Crippen molar-refractivity contribution in [1.82, 2.24) is 0 Å². The molecule has 0 spiro atoms. The second kappa shape index (κ2) is 6.75. The van der Waals surface area contributed by atoms with Gasteiger partial charge in [-0.2, -0.15) is 0 Å². The molecular weight excluding hydrogens is 321 g/mol. The van der Waals surface area contributed by atoms with Crippen molar-refractivity contribution >= 4 is 21.6 Å². The number of para-hydroxylation sites is 1. The first kappa shape index (κ1) is 14.9. The highest BCUT2D eigenvalue weighted by molar-refractivity contribution is 9.10. The minimum atomic E-state index is -0.265. The molecule has 2 nitrogen and oxygen atoms in total. The maximum atomic E-state index is 13.6. The number of benzene rings is 2. The Morgan fingerprint density at radius 2 is 1.85 bits per heavy atom. The predicted molar refractivity (Wildman–Crippen MR) is 83.6 cm³/mol. The van der Waals surface area contributed by atoms with Crippen LogP contribution in [0, 0.1) is 5.82 Å². The maximum Gasteiger partial charge on any atom is 0.147 e. The second-order valence-electron chi connectivity index (χ2n) is 4.76. The van der Waals surface area contributed by atoms with E-state index < -0.39 is 0 Å². The van der Waals surface area contributed by atoms with Gasteiger partial charge in [0.05, 0.1) is 11.8 Å². The molecule has 0 aliphatic heterocycles. The predicted octanol–water partition coefficient (Wildman–Crippen LogP) is 4.99. The molecule has 0 aromatic heterocycles. The highest BCUT2D eigenvalue weighted by atomic mass is 79.9. The fraction of sp³-hybridized carbons (Fsp3) is 0.250. The molecule has 0 atom stereocenters. The molecule has 0 unspecified atom stereocenters. The zero-order valence-electron chi connectivity index (χ0n) is 11.5. The summed E-state index contributed by atoms with van der Waals surface area (Å²) < 4.78 is 20.0. The summed E-state index contributed by atoms with van der Waals surface area (Å²) in [5.41, 5.74) is 1.55. The minimum absolute atomic E-state index is 0.161. The van der Waals surface area contributed by atoms with Crippen LogP contribution in [0.5, 0.6) is 5.75 Å². The van der Waals surface area contributed by atoms with E-state index in [1.54, 1.807) is 6.07 Å². The Morgan fingerprint density at radius 1 is 1.15 bits per heavy atom. The molecule has 1 N–H and O–H groups in total. The fourth-order valence-electron chi connectivity index (χ4n) is 1.82. The van der Waals surface area contributed by atoms with E-state index in [1.807, 2.05) is 44.2 Å². The lowest BCUT2D eigenvalue weighted by molar-refractivity contribution is 0.242. The summed E-state index contributed by atoms with van der Waals surface area (Å²) in [6.45, 7) is 4.54. The van der Waals surface area contributed by atoms with E-state index >= 15 is 0 Å². The van der Waals surface area contributed by atoms with Crippen LogP contribution in [-0.4, -0.2) is 6.10 Å². The van der Waals surface area contributed by atoms with Crippen LogP contribution in [0.4, 0.5) is 10.1 Å². The van der Waals surface area contributed by atoms with Gasteiger partial charge < -0.3 is 10.1 Å². The third-order valence-corrected chi connectivity index (χ3v) is 3.39. The zero-order chi connectivity index (χ0) is 14.5. The molecule has 0 fully saturated rings. The summed E-state index contributed by atoms with van der Waals surface area (Å²) in [5, 5.41) is 3.10. The van der Waals surface area contributed by atoms with Crippen LogP contribution in [-0.2, 0) is 6.54 Å². The standard InChI is InChI=1S/C16H17BrFNO/c1-11(2)20-13-8-6-12(7-9-13)10-19-16-14(17)4-3-5-15(16)18/h3-9,11,19H,10H2,1-2H3. The number of rotatable bonds is 5. The van der Waals surface area contributed by atoms with Gasteiger partial charge in [-0.3, -0.25) is 0 Å². The van der Waals surface area contributed by atoms with E-state index in [9.17, 15) is 4.39 Å². The van der Waals surface area contributed by atoms with Crippen LogP contribution in [0.3, 0.4) is 0 Å². The van der Waals surface area contributed by atoms with Crippen molar-refractivity contribution in [2.75, 3.05) is 5.32 Å². The molecule has 0 heterocycles. The summed E-state index contributed by atoms with van der Waals surface area (Å²) in [5.74, 6) is 0.579. The van der Waals surface area contributed by atoms with Gasteiger partial charge in [-0.05, 0) is 59.6 Å². The van der Waals surface area contributed by atoms with Gasteiger partial charge >= 0.3 is 0 Å². The summed E-state index contributed by atoms with van der Waals surface area (Å²) in [6.07, 6.45) is 0.161. The average molecular weight is 338 g/mol. The molecule has 0 radical (unpaired) electrons. The molecule has 4 heteroatoms. The SMILES string of the molecule is CC(C)Oc1ccc(CNc2c(F)cccc2Br)cc1. The minimum Gasteiger partial charge on any atom is -0.491 e. The number of hydrogen-bond acceptors (Lipinski definition) is 2. The maximum absolute atomic E-state index is 13.6. The molecule has 2 aromatic rings. The van der Waals surface area contributed by atoms with E-state index in [0.717, 1.165) is 15.8 Å². The zero-order valence-corrected chi connectivity index (χ0v) is 13.1. The third-order valence-electron chi connectivity index (χ3n) is 2.73. The normalized spacial score (nSPS) is 10.7. The summed E-state index contributed by atoms with van der Waals surface area (Å²) in [4.78, 5) is 0. The molecule has 2 aromatic carbocycles. The van der Waals surface area contributed by atoms with Crippen LogP contribution < -0.4 is 10.1 Å². The van der Waals surface area contributed by atoms with Crippen LogP contribution in [0.2, 0.25) is 0 Å². The van der Waals surface area contributed by atoms with Crippen molar-refractivity contribution < 1.29 is 9.13 Å². The Kier molecular flexibility index (Phi) is 5.01. The lowest BCUT2D eigenvalue weighted by Gasteiger charge is -2.12. The van der Waals surface area contributed by atoms with Gasteiger partial charge in [-0.1, -0.05) is 18.2 Å². The molecular formula is C16H17BrFNO. The van der Waals surface area contributed by atoms with E-state index in [4.69, 9.17) is 4.74 Å². The number of halogens is 2. The Balaban J connectivity index is 2.00. The molecule has 0 amide bonds. The van der Waals surface area contributed by atoms with Gasteiger partial charge in [0, 0.05) is 11.0 Å². The monoisotopic (exact) mass is 337 g/mol. The molecule has 20 heavy (non-hydrogen) atoms. The highest BCUT2D eigenvalue weighted by Crippen LogP contribution is 2.25. The van der Waals surface area contributed by atoms with Crippen molar-refractivity contribution in [3.05, 3.63) is 58.3 Å². The van der Waals surface area contributed by atoms with Crippen molar-refractivity contribution in [2.24, 2.45) is 0 Å². The molecule has 2 rings (SSSR count). The Morgan fingerprint density at radius 3 is 2.45 bits per heavy atom. The number of hydrogen-bond donors (Lipinski definition) is 1. The average Bonchev–Trinajstić information content (AvgIpc) is 2.39. The number of anilines is 1. The van der Waals surface area contributed by atoms with Gasteiger partial charge in [0.15, 0.2) is 0 Å². The van der Waals surface area contributed by atoms with Gasteiger partial charge in [0.1, 0.15) is 11.6 Å². The summed E-state index contributed by atoms with van der Waals surface area (Å²) in [7, 11) is 0. The van der Waals surface area contributed by atoms with E-state index in [-0.39, 0.29) is 11.9 Å². The molecule has 106 valence electrons. The molecule has 0 saturated heterocycles. The molecule has 0 aliphatic carbocycles. The second-order valence-corrected chi connectivity index (χ2v) is 5.62. The Bertz CT molecular complexity index is 549. The van der Waals surface area contributed by atoms with Crippen molar-refractivity contribution in [2.45, 2.75) is 26.5 Å². The molecule has 0 aliphatic rings. The van der Waals surface area contributed by atoms with Crippen LogP contribution in [0.1, 0.15) is 19.4 Å². The first-order chi connectivity index (χ1) is 9.56. The van der Waals surface area contributed by atoms with Gasteiger partial charge in [0.25, 0.3) is 0 Å². The first-order valence-electron chi connectivity index (χ1n) is 6.49. The third kappa shape index (κ3) is 3.97. The Labute approximate surface area is 127 Å². The topological polar surface area (TPSA) is 21.3 Å². The number of nitrogens with one attached hydrogen (secondary N) is 1. The van der Waals surface area contributed by atoms with Crippen molar-refractivity contribution in [3.63, 3.8) is 0 Å². The molecule has 0 saturated carbocycles. The fourth-order valence-corrected chi connectivity index (χ4v) is 2.30. The van der Waals surface area contributed by atoms with E-state index in [1.165, 1.54) is 6.07 Å². The van der Waals surface area contributed by atoms with Crippen LogP contribution in [0.15, 0.2) is 46.9 Å². The number of ether oxygens (including phenoxy) is 1. The van der Waals surface area contributed by atoms with Crippen molar-refractivity contribution in [3.8, 4) is 5.75 Å². The summed E-state index contributed by atoms with van der Waals surface area (Å²) >= 11 is 3.34. The lowest BCUT2D eigenvalue weighted by Crippen LogP contribution is -2.06. The van der Waals surface area contributed by atoms with E-state index in [2.05, 4.69) is 21.2 Å². The highest BCUT2D eigenvalue weighted by Gasteiger charge is 2.05. The summed E-state index contributed by atoms with van der Waals surface area (Å²) in [6, 6.07) is 12.7. The van der Waals surface area contributed by atoms with Crippen molar-refractivity contribution in [1.29, 1.82) is 0 Å². The largest absolute Gasteiger partial charge is 0.491 e. The van der Waals surface area contributed by atoms with Crippen LogP contribution >= 0.6 is 15.9 Å². The van der Waals surface area contributed by atoms with Gasteiger partial charge in [-0.15, -0.1) is 0 Å². The first-order valence-corrected chi connectivity index (χ1v) is 7.29.